The van der Waals surface area contributed by atoms with Crippen molar-refractivity contribution in [3.8, 4) is 0 Å². The molecule has 1 N–H and O–H groups in total. The van der Waals surface area contributed by atoms with Crippen LogP contribution in [0.1, 0.15) is 0 Å². The zero-order valence-electron chi connectivity index (χ0n) is 5.23. The molecular weight excluding hydrogens is 140 g/mol. The van der Waals surface area contributed by atoms with Crippen molar-refractivity contribution in [3.63, 3.8) is 0 Å². The van der Waals surface area contributed by atoms with Gasteiger partial charge in [0.25, 0.3) is 5.95 Å². The van der Waals surface area contributed by atoms with Gasteiger partial charge in [0, 0.05) is 7.05 Å². The van der Waals surface area contributed by atoms with E-state index in [-0.39, 0.29) is 5.82 Å². The summed E-state index contributed by atoms with van der Waals surface area (Å²) in [6.45, 7) is 0. The molecule has 1 aromatic heterocycles. The van der Waals surface area contributed by atoms with Crippen LogP contribution in [0, 0.1) is 11.8 Å². The second-order valence-electron chi connectivity index (χ2n) is 1.58. The van der Waals surface area contributed by atoms with Gasteiger partial charge in [-0.05, 0) is 0 Å². The molecule has 0 aromatic carbocycles. The molecule has 0 saturated carbocycles. The monoisotopic (exact) mass is 145 g/mol. The Hall–Kier alpha value is -1.26. The van der Waals surface area contributed by atoms with Crippen LogP contribution in [-0.2, 0) is 0 Å². The van der Waals surface area contributed by atoms with Gasteiger partial charge in [-0.25, -0.2) is 9.97 Å². The molecule has 54 valence electrons. The summed E-state index contributed by atoms with van der Waals surface area (Å²) in [4.78, 5) is 6.41. The van der Waals surface area contributed by atoms with E-state index in [0.29, 0.717) is 0 Å². The van der Waals surface area contributed by atoms with E-state index in [1.165, 1.54) is 7.05 Å². The Kier molecular flexibility index (Phi) is 1.75. The molecule has 0 bridgehead atoms. The number of aromatic nitrogens is 2. The maximum atomic E-state index is 12.4. The van der Waals surface area contributed by atoms with Crippen LogP contribution >= 0.6 is 0 Å². The SMILES string of the molecule is CNc1ncnc(F)c1F. The fourth-order valence-electron chi connectivity index (χ4n) is 0.523. The Bertz CT molecular complexity index is 238. The van der Waals surface area contributed by atoms with Gasteiger partial charge in [0.1, 0.15) is 6.33 Å². The second-order valence-corrected chi connectivity index (χ2v) is 1.58. The van der Waals surface area contributed by atoms with Crippen LogP contribution < -0.4 is 5.32 Å². The van der Waals surface area contributed by atoms with E-state index in [1.54, 1.807) is 0 Å². The predicted octanol–water partition coefficient (Wildman–Crippen LogP) is 0.796. The first kappa shape index (κ1) is 6.85. The van der Waals surface area contributed by atoms with Crippen molar-refractivity contribution in [1.29, 1.82) is 0 Å². The summed E-state index contributed by atoms with van der Waals surface area (Å²) >= 11 is 0. The third-order valence-corrected chi connectivity index (χ3v) is 0.984. The Labute approximate surface area is 56.1 Å². The van der Waals surface area contributed by atoms with Crippen LogP contribution in [-0.4, -0.2) is 17.0 Å². The van der Waals surface area contributed by atoms with Crippen LogP contribution in [0.25, 0.3) is 0 Å². The van der Waals surface area contributed by atoms with Gasteiger partial charge in [-0.1, -0.05) is 0 Å². The van der Waals surface area contributed by atoms with Gasteiger partial charge in [-0.3, -0.25) is 0 Å². The molecule has 5 heteroatoms. The van der Waals surface area contributed by atoms with Gasteiger partial charge < -0.3 is 5.32 Å². The molecule has 1 rings (SSSR count). The Morgan fingerprint density at radius 1 is 1.40 bits per heavy atom. The third-order valence-electron chi connectivity index (χ3n) is 0.984. The number of halogens is 2. The molecule has 0 atom stereocenters. The first-order valence-corrected chi connectivity index (χ1v) is 2.59. The summed E-state index contributed by atoms with van der Waals surface area (Å²) in [5.74, 6) is -2.32. The quantitative estimate of drug-likeness (QED) is 0.594. The summed E-state index contributed by atoms with van der Waals surface area (Å²) in [6, 6.07) is 0. The van der Waals surface area contributed by atoms with Crippen molar-refractivity contribution in [2.45, 2.75) is 0 Å². The maximum absolute atomic E-state index is 12.4. The molecule has 0 aliphatic rings. The molecule has 0 amide bonds. The number of nitrogens with one attached hydrogen (secondary N) is 1. The van der Waals surface area contributed by atoms with Gasteiger partial charge in [0.15, 0.2) is 5.82 Å². The van der Waals surface area contributed by atoms with Gasteiger partial charge in [-0.2, -0.15) is 8.78 Å². The van der Waals surface area contributed by atoms with Crippen molar-refractivity contribution in [1.82, 2.24) is 9.97 Å². The molecule has 0 aliphatic heterocycles. The Balaban J connectivity index is 3.14. The van der Waals surface area contributed by atoms with Crippen molar-refractivity contribution in [2.75, 3.05) is 12.4 Å². The highest BCUT2D eigenvalue weighted by Gasteiger charge is 2.07. The highest BCUT2D eigenvalue weighted by molar-refractivity contribution is 5.32. The van der Waals surface area contributed by atoms with Crippen LogP contribution in [0.2, 0.25) is 0 Å². The van der Waals surface area contributed by atoms with E-state index in [0.717, 1.165) is 6.33 Å². The minimum atomic E-state index is -1.14. The van der Waals surface area contributed by atoms with E-state index in [9.17, 15) is 8.78 Å². The molecule has 0 fully saturated rings. The molecule has 3 nitrogen and oxygen atoms in total. The fraction of sp³-hybridized carbons (Fsp3) is 0.200. The molecule has 10 heavy (non-hydrogen) atoms. The minimum absolute atomic E-state index is 0.132. The summed E-state index contributed by atoms with van der Waals surface area (Å²) in [5.41, 5.74) is 0. The van der Waals surface area contributed by atoms with Gasteiger partial charge in [-0.15, -0.1) is 0 Å². The molecule has 1 aromatic rings. The second kappa shape index (κ2) is 2.55. The molecule has 0 unspecified atom stereocenters. The standard InChI is InChI=1S/C5H5F2N3/c1-8-5-3(6)4(7)9-2-10-5/h2H,1H3,(H,8,9,10). The fourth-order valence-corrected chi connectivity index (χ4v) is 0.523. The Morgan fingerprint density at radius 2 is 2.10 bits per heavy atom. The highest BCUT2D eigenvalue weighted by Crippen LogP contribution is 2.09. The molecular formula is C5H5F2N3. The van der Waals surface area contributed by atoms with E-state index < -0.39 is 11.8 Å². The maximum Gasteiger partial charge on any atom is 0.254 e. The largest absolute Gasteiger partial charge is 0.371 e. The molecule has 0 saturated heterocycles. The van der Waals surface area contributed by atoms with Crippen LogP contribution in [0.15, 0.2) is 6.33 Å². The molecule has 0 aliphatic carbocycles. The van der Waals surface area contributed by atoms with Gasteiger partial charge >= 0.3 is 0 Å². The number of anilines is 1. The normalized spacial score (nSPS) is 9.50. The van der Waals surface area contributed by atoms with Crippen molar-refractivity contribution in [3.05, 3.63) is 18.1 Å². The van der Waals surface area contributed by atoms with Gasteiger partial charge in [0.2, 0.25) is 5.82 Å². The summed E-state index contributed by atoms with van der Waals surface area (Å²) in [6.07, 6.45) is 0.949. The van der Waals surface area contributed by atoms with E-state index in [2.05, 4.69) is 15.3 Å². The smallest absolute Gasteiger partial charge is 0.254 e. The lowest BCUT2D eigenvalue weighted by Crippen LogP contribution is -2.00. The van der Waals surface area contributed by atoms with E-state index >= 15 is 0 Å². The van der Waals surface area contributed by atoms with E-state index in [4.69, 9.17) is 0 Å². The lowest BCUT2D eigenvalue weighted by Gasteiger charge is -1.97. The molecule has 0 radical (unpaired) electrons. The number of nitrogens with zero attached hydrogens (tertiary/aromatic N) is 2. The molecule has 1 heterocycles. The molecule has 0 spiro atoms. The van der Waals surface area contributed by atoms with E-state index in [1.807, 2.05) is 0 Å². The topological polar surface area (TPSA) is 37.8 Å². The summed E-state index contributed by atoms with van der Waals surface area (Å²) in [7, 11) is 1.45. The lowest BCUT2D eigenvalue weighted by molar-refractivity contribution is 0.476. The van der Waals surface area contributed by atoms with Crippen molar-refractivity contribution < 1.29 is 8.78 Å². The number of rotatable bonds is 1. The average molecular weight is 145 g/mol. The van der Waals surface area contributed by atoms with Gasteiger partial charge in [0.05, 0.1) is 0 Å². The Morgan fingerprint density at radius 3 is 2.60 bits per heavy atom. The zero-order valence-corrected chi connectivity index (χ0v) is 5.23. The highest BCUT2D eigenvalue weighted by atomic mass is 19.2. The average Bonchev–Trinajstić information content (AvgIpc) is 1.95. The van der Waals surface area contributed by atoms with Crippen LogP contribution in [0.3, 0.4) is 0 Å². The van der Waals surface area contributed by atoms with Crippen molar-refractivity contribution >= 4 is 5.82 Å². The zero-order chi connectivity index (χ0) is 7.56. The minimum Gasteiger partial charge on any atom is -0.371 e. The first-order valence-electron chi connectivity index (χ1n) is 2.59. The number of hydrogen-bond donors (Lipinski definition) is 1. The summed E-state index contributed by atoms with van der Waals surface area (Å²) in [5, 5.41) is 2.37. The van der Waals surface area contributed by atoms with Crippen LogP contribution in [0.5, 0.6) is 0 Å². The number of hydrogen-bond acceptors (Lipinski definition) is 3. The third kappa shape index (κ3) is 1.02. The first-order chi connectivity index (χ1) is 4.75. The summed E-state index contributed by atoms with van der Waals surface area (Å²) < 4.78 is 24.6. The van der Waals surface area contributed by atoms with Crippen LogP contribution in [0.4, 0.5) is 14.6 Å². The lowest BCUT2D eigenvalue weighted by atomic mass is 10.5. The predicted molar refractivity (Wildman–Crippen MR) is 31.5 cm³/mol. The van der Waals surface area contributed by atoms with Crippen molar-refractivity contribution in [2.24, 2.45) is 0 Å².